The van der Waals surface area contributed by atoms with Gasteiger partial charge in [-0.1, -0.05) is 19.9 Å². The average Bonchev–Trinajstić information content (AvgIpc) is 2.99. The third kappa shape index (κ3) is 4.68. The zero-order chi connectivity index (χ0) is 23.4. The molecular weight excluding hydrogens is 419 g/mol. The molecule has 0 spiro atoms. The van der Waals surface area contributed by atoms with E-state index in [1.165, 1.54) is 28.8 Å². The molecule has 4 aromatic rings. The summed E-state index contributed by atoms with van der Waals surface area (Å²) in [6.07, 6.45) is 4.88. The third-order valence-corrected chi connectivity index (χ3v) is 5.86. The maximum absolute atomic E-state index is 13.0. The molecule has 172 valence electrons. The highest BCUT2D eigenvalue weighted by Gasteiger charge is 2.17. The van der Waals surface area contributed by atoms with Gasteiger partial charge in [0.05, 0.1) is 23.1 Å². The van der Waals surface area contributed by atoms with Gasteiger partial charge < -0.3 is 14.6 Å². The summed E-state index contributed by atoms with van der Waals surface area (Å²) in [5, 5.41) is 4.71. The summed E-state index contributed by atoms with van der Waals surface area (Å²) in [6, 6.07) is 12.3. The molecule has 7 heteroatoms. The molecule has 3 aromatic heterocycles. The van der Waals surface area contributed by atoms with Gasteiger partial charge in [0, 0.05) is 43.4 Å². The zero-order valence-corrected chi connectivity index (χ0v) is 19.3. The number of nitrogens with zero attached hydrogens (tertiary/aromatic N) is 3. The summed E-state index contributed by atoms with van der Waals surface area (Å²) in [5.74, 6) is 0.0566. The van der Waals surface area contributed by atoms with Crippen LogP contribution in [0.3, 0.4) is 0 Å². The molecule has 0 fully saturated rings. The first-order chi connectivity index (χ1) is 16.1. The molecule has 0 saturated carbocycles. The first-order valence-corrected chi connectivity index (χ1v) is 11.4. The highest BCUT2D eigenvalue weighted by molar-refractivity contribution is 5.87. The minimum Gasteiger partial charge on any atom is -0.487 e. The summed E-state index contributed by atoms with van der Waals surface area (Å²) < 4.78 is 22.5. The Labute approximate surface area is 192 Å². The molecule has 6 nitrogen and oxygen atoms in total. The number of rotatable bonds is 4. The monoisotopic (exact) mass is 448 g/mol. The Hall–Kier alpha value is -3.45. The lowest BCUT2D eigenvalue weighted by molar-refractivity contribution is 0.300. The fraction of sp³-hybridized carbons (Fsp3) is 0.308. The molecule has 1 aliphatic rings. The number of benzene rings is 1. The van der Waals surface area contributed by atoms with Crippen LogP contribution >= 0.6 is 0 Å². The van der Waals surface area contributed by atoms with Crippen molar-refractivity contribution in [2.45, 2.75) is 33.3 Å². The van der Waals surface area contributed by atoms with Crippen molar-refractivity contribution in [2.75, 3.05) is 13.1 Å². The summed E-state index contributed by atoms with van der Waals surface area (Å²) >= 11 is 0. The normalized spacial score (nSPS) is 13.1. The van der Waals surface area contributed by atoms with Crippen LogP contribution in [0.2, 0.25) is 0 Å². The van der Waals surface area contributed by atoms with Crippen LogP contribution in [0.4, 0.5) is 4.39 Å². The van der Waals surface area contributed by atoms with Gasteiger partial charge in [0.1, 0.15) is 18.2 Å². The maximum atomic E-state index is 13.0. The number of hydrogen-bond acceptors (Lipinski definition) is 4. The molecule has 5 rings (SSSR count). The van der Waals surface area contributed by atoms with E-state index in [-0.39, 0.29) is 12.2 Å². The van der Waals surface area contributed by atoms with Crippen LogP contribution in [0.15, 0.2) is 59.7 Å². The first kappa shape index (κ1) is 22.7. The Morgan fingerprint density at radius 2 is 1.91 bits per heavy atom. The van der Waals surface area contributed by atoms with E-state index < -0.39 is 5.82 Å². The Bertz CT molecular complexity index is 1310. The topological polar surface area (TPSA) is 61.1 Å². The number of aryl methyl sites for hydroxylation is 1. The summed E-state index contributed by atoms with van der Waals surface area (Å²) in [5.41, 5.74) is 5.14. The molecule has 0 bridgehead atoms. The largest absolute Gasteiger partial charge is 0.487 e. The Kier molecular flexibility index (Phi) is 6.89. The third-order valence-electron chi connectivity index (χ3n) is 5.86. The molecule has 1 aliphatic heterocycles. The van der Waals surface area contributed by atoms with Crippen molar-refractivity contribution in [1.82, 2.24) is 19.4 Å². The van der Waals surface area contributed by atoms with Gasteiger partial charge in [-0.25, -0.2) is 4.39 Å². The van der Waals surface area contributed by atoms with Crippen LogP contribution in [0.1, 0.15) is 30.8 Å². The Morgan fingerprint density at radius 1 is 1.09 bits per heavy atom. The number of fused-ring (bicyclic) bond motifs is 3. The van der Waals surface area contributed by atoms with Gasteiger partial charge in [-0.3, -0.25) is 14.3 Å². The van der Waals surface area contributed by atoms with E-state index in [9.17, 15) is 9.18 Å². The quantitative estimate of drug-likeness (QED) is 0.509. The van der Waals surface area contributed by atoms with Crippen molar-refractivity contribution >= 4 is 10.9 Å². The maximum Gasteiger partial charge on any atom is 0.258 e. The zero-order valence-electron chi connectivity index (χ0n) is 19.3. The number of nitrogens with one attached hydrogen (secondary N) is 1. The second-order valence-corrected chi connectivity index (χ2v) is 7.76. The van der Waals surface area contributed by atoms with E-state index in [1.807, 2.05) is 19.9 Å². The van der Waals surface area contributed by atoms with Gasteiger partial charge in [-0.15, -0.1) is 0 Å². The summed E-state index contributed by atoms with van der Waals surface area (Å²) in [4.78, 5) is 16.7. The molecule has 0 amide bonds. The Morgan fingerprint density at radius 3 is 2.67 bits per heavy atom. The first-order valence-electron chi connectivity index (χ1n) is 11.4. The molecule has 0 atom stereocenters. The molecule has 0 unspecified atom stereocenters. The predicted molar refractivity (Wildman–Crippen MR) is 129 cm³/mol. The number of ether oxygens (including phenoxy) is 1. The number of pyridine rings is 2. The van der Waals surface area contributed by atoms with Crippen molar-refractivity contribution in [3.05, 3.63) is 88.0 Å². The fourth-order valence-electron chi connectivity index (χ4n) is 4.26. The molecular formula is C26H29FN4O2. The van der Waals surface area contributed by atoms with Crippen LogP contribution in [0, 0.1) is 5.82 Å². The standard InChI is InChI=1S/C24H23FN4O2.C2H6/c1-28-22-7-10-26-9-6-21(22)20-5-4-18(12-23(20)28)29-11-8-19(13-24(29)30)31-15-17-3-2-16(25)14-27-17;1-2/h2-5,8,11-14,26H,6-7,9-10,15H2,1H3;1-2H3. The van der Waals surface area contributed by atoms with E-state index in [4.69, 9.17) is 4.74 Å². The van der Waals surface area contributed by atoms with Crippen LogP contribution in [-0.2, 0) is 26.5 Å². The van der Waals surface area contributed by atoms with Gasteiger partial charge in [0.25, 0.3) is 5.56 Å². The van der Waals surface area contributed by atoms with Crippen molar-refractivity contribution < 1.29 is 9.13 Å². The Balaban J connectivity index is 0.00000126. The van der Waals surface area contributed by atoms with Crippen LogP contribution in [-0.4, -0.2) is 27.2 Å². The van der Waals surface area contributed by atoms with Crippen LogP contribution in [0.25, 0.3) is 16.6 Å². The lowest BCUT2D eigenvalue weighted by Gasteiger charge is -2.10. The molecule has 4 heterocycles. The molecule has 0 aliphatic carbocycles. The second kappa shape index (κ2) is 10.0. The number of hydrogen-bond donors (Lipinski definition) is 1. The van der Waals surface area contributed by atoms with E-state index in [2.05, 4.69) is 34.0 Å². The smallest absolute Gasteiger partial charge is 0.258 e. The number of aromatic nitrogens is 3. The minimum absolute atomic E-state index is 0.166. The predicted octanol–water partition coefficient (Wildman–Crippen LogP) is 4.16. The van der Waals surface area contributed by atoms with Gasteiger partial charge >= 0.3 is 0 Å². The second-order valence-electron chi connectivity index (χ2n) is 7.76. The van der Waals surface area contributed by atoms with E-state index >= 15 is 0 Å². The van der Waals surface area contributed by atoms with Gasteiger partial charge in [-0.2, -0.15) is 0 Å². The van der Waals surface area contributed by atoms with Gasteiger partial charge in [0.2, 0.25) is 0 Å². The molecule has 1 N–H and O–H groups in total. The van der Waals surface area contributed by atoms with Crippen molar-refractivity contribution in [3.63, 3.8) is 0 Å². The highest BCUT2D eigenvalue weighted by Crippen LogP contribution is 2.29. The highest BCUT2D eigenvalue weighted by atomic mass is 19.1. The van der Waals surface area contributed by atoms with E-state index in [0.717, 1.165) is 43.3 Å². The molecule has 1 aromatic carbocycles. The van der Waals surface area contributed by atoms with Crippen molar-refractivity contribution in [3.8, 4) is 11.4 Å². The minimum atomic E-state index is -0.394. The molecule has 0 saturated heterocycles. The lowest BCUT2D eigenvalue weighted by atomic mass is 10.1. The van der Waals surface area contributed by atoms with Gasteiger partial charge in [0.15, 0.2) is 0 Å². The fourth-order valence-corrected chi connectivity index (χ4v) is 4.26. The van der Waals surface area contributed by atoms with E-state index in [0.29, 0.717) is 11.4 Å². The molecule has 33 heavy (non-hydrogen) atoms. The SMILES string of the molecule is CC.Cn1c2c(c3ccc(-n4ccc(OCc5ccc(F)cn5)cc4=O)cc31)CCNCC2. The molecule has 0 radical (unpaired) electrons. The lowest BCUT2D eigenvalue weighted by Crippen LogP contribution is -2.17. The van der Waals surface area contributed by atoms with Crippen molar-refractivity contribution in [2.24, 2.45) is 7.05 Å². The van der Waals surface area contributed by atoms with Crippen LogP contribution < -0.4 is 15.6 Å². The summed E-state index contributed by atoms with van der Waals surface area (Å²) in [7, 11) is 2.10. The summed E-state index contributed by atoms with van der Waals surface area (Å²) in [6.45, 7) is 6.14. The van der Waals surface area contributed by atoms with Crippen LogP contribution in [0.5, 0.6) is 5.75 Å². The number of halogens is 1. The average molecular weight is 449 g/mol. The van der Waals surface area contributed by atoms with E-state index in [1.54, 1.807) is 22.9 Å². The van der Waals surface area contributed by atoms with Gasteiger partial charge in [-0.05, 0) is 48.9 Å². The van der Waals surface area contributed by atoms with Crippen molar-refractivity contribution in [1.29, 1.82) is 0 Å².